The Labute approximate surface area is 114 Å². The van der Waals surface area contributed by atoms with E-state index >= 15 is 0 Å². The number of aromatic hydroxyl groups is 1. The van der Waals surface area contributed by atoms with Gasteiger partial charge in [0.25, 0.3) is 0 Å². The Balaban J connectivity index is 2.09. The van der Waals surface area contributed by atoms with Gasteiger partial charge >= 0.3 is 0 Å². The maximum atomic E-state index is 13.0. The Kier molecular flexibility index (Phi) is 4.42. The summed E-state index contributed by atoms with van der Waals surface area (Å²) >= 11 is 0. The summed E-state index contributed by atoms with van der Waals surface area (Å²) in [6, 6.07) is 5.11. The minimum Gasteiger partial charge on any atom is -0.508 e. The van der Waals surface area contributed by atoms with Crippen molar-refractivity contribution in [1.82, 2.24) is 10.4 Å². The number of hydrazine groups is 1. The first-order chi connectivity index (χ1) is 8.99. The minimum atomic E-state index is -0.409. The zero-order chi connectivity index (χ0) is 14.0. The molecule has 2 N–H and O–H groups in total. The van der Waals surface area contributed by atoms with E-state index in [9.17, 15) is 9.50 Å². The van der Waals surface area contributed by atoms with Gasteiger partial charge in [0.2, 0.25) is 0 Å². The van der Waals surface area contributed by atoms with Crippen LogP contribution in [0.25, 0.3) is 0 Å². The fourth-order valence-electron chi connectivity index (χ4n) is 2.85. The van der Waals surface area contributed by atoms with Gasteiger partial charge in [-0.3, -0.25) is 0 Å². The highest BCUT2D eigenvalue weighted by atomic mass is 19.1. The number of nitrogens with one attached hydrogen (secondary N) is 1. The zero-order valence-electron chi connectivity index (χ0n) is 11.9. The van der Waals surface area contributed by atoms with Crippen LogP contribution in [0.3, 0.4) is 0 Å². The molecule has 106 valence electrons. The second kappa shape index (κ2) is 5.88. The molecule has 1 heterocycles. The van der Waals surface area contributed by atoms with Gasteiger partial charge in [-0.25, -0.2) is 14.8 Å². The standard InChI is InChI=1S/C15H23FN2O/c1-10-5-4-6-11(2)18(10)17-12(3)14-8-7-13(16)9-15(14)19/h7-12,17,19H,4-6H2,1-3H3. The van der Waals surface area contributed by atoms with Crippen LogP contribution in [0.1, 0.15) is 51.6 Å². The molecule has 0 saturated carbocycles. The van der Waals surface area contributed by atoms with Crippen molar-refractivity contribution in [1.29, 1.82) is 0 Å². The van der Waals surface area contributed by atoms with Gasteiger partial charge in [0.15, 0.2) is 0 Å². The molecule has 0 spiro atoms. The molecule has 1 aromatic carbocycles. The molecule has 1 aromatic rings. The summed E-state index contributed by atoms with van der Waals surface area (Å²) < 4.78 is 13.0. The van der Waals surface area contributed by atoms with Gasteiger partial charge in [-0.05, 0) is 39.7 Å². The van der Waals surface area contributed by atoms with E-state index in [2.05, 4.69) is 24.3 Å². The van der Waals surface area contributed by atoms with Crippen LogP contribution in [0.5, 0.6) is 5.75 Å². The van der Waals surface area contributed by atoms with Crippen molar-refractivity contribution < 1.29 is 9.50 Å². The number of benzene rings is 1. The normalized spacial score (nSPS) is 26.3. The summed E-state index contributed by atoms with van der Waals surface area (Å²) in [5, 5.41) is 12.1. The van der Waals surface area contributed by atoms with E-state index in [0.717, 1.165) is 11.6 Å². The number of rotatable bonds is 3. The van der Waals surface area contributed by atoms with Gasteiger partial charge in [0.1, 0.15) is 11.6 Å². The molecule has 2 rings (SSSR count). The smallest absolute Gasteiger partial charge is 0.126 e. The average Bonchev–Trinajstić information content (AvgIpc) is 2.33. The summed E-state index contributed by atoms with van der Waals surface area (Å²) in [6.45, 7) is 6.40. The quantitative estimate of drug-likeness (QED) is 0.880. The Hall–Kier alpha value is -1.13. The molecule has 19 heavy (non-hydrogen) atoms. The first-order valence-electron chi connectivity index (χ1n) is 7.02. The monoisotopic (exact) mass is 266 g/mol. The van der Waals surface area contributed by atoms with Crippen LogP contribution >= 0.6 is 0 Å². The number of hydrogen-bond acceptors (Lipinski definition) is 3. The van der Waals surface area contributed by atoms with Crippen LogP contribution in [0.4, 0.5) is 4.39 Å². The fourth-order valence-corrected chi connectivity index (χ4v) is 2.85. The fraction of sp³-hybridized carbons (Fsp3) is 0.600. The highest BCUT2D eigenvalue weighted by Gasteiger charge is 2.26. The summed E-state index contributed by atoms with van der Waals surface area (Å²) in [7, 11) is 0. The maximum absolute atomic E-state index is 13.0. The number of piperidine rings is 1. The lowest BCUT2D eigenvalue weighted by atomic mass is 9.99. The van der Waals surface area contributed by atoms with E-state index < -0.39 is 5.82 Å². The lowest BCUT2D eigenvalue weighted by molar-refractivity contribution is 0.0316. The van der Waals surface area contributed by atoms with Crippen molar-refractivity contribution in [2.24, 2.45) is 0 Å². The van der Waals surface area contributed by atoms with E-state index in [-0.39, 0.29) is 11.8 Å². The largest absolute Gasteiger partial charge is 0.508 e. The van der Waals surface area contributed by atoms with Crippen molar-refractivity contribution in [3.63, 3.8) is 0 Å². The van der Waals surface area contributed by atoms with E-state index in [1.165, 1.54) is 25.3 Å². The predicted octanol–water partition coefficient (Wildman–Crippen LogP) is 3.36. The molecular weight excluding hydrogens is 243 g/mol. The molecule has 4 heteroatoms. The van der Waals surface area contributed by atoms with Crippen molar-refractivity contribution in [3.8, 4) is 5.75 Å². The molecule has 3 nitrogen and oxygen atoms in total. The van der Waals surface area contributed by atoms with Gasteiger partial charge in [-0.1, -0.05) is 12.5 Å². The van der Waals surface area contributed by atoms with Gasteiger partial charge in [-0.15, -0.1) is 0 Å². The number of hydrogen-bond donors (Lipinski definition) is 2. The molecule has 1 aliphatic heterocycles. The topological polar surface area (TPSA) is 35.5 Å². The molecule has 1 aliphatic rings. The van der Waals surface area contributed by atoms with E-state index in [0.29, 0.717) is 12.1 Å². The number of nitrogens with zero attached hydrogens (tertiary/aromatic N) is 1. The van der Waals surface area contributed by atoms with E-state index in [4.69, 9.17) is 0 Å². The lowest BCUT2D eigenvalue weighted by Gasteiger charge is -2.41. The highest BCUT2D eigenvalue weighted by molar-refractivity contribution is 5.34. The molecule has 0 radical (unpaired) electrons. The molecule has 1 fully saturated rings. The second-order valence-electron chi connectivity index (χ2n) is 5.59. The van der Waals surface area contributed by atoms with Crippen molar-refractivity contribution >= 4 is 0 Å². The Morgan fingerprint density at radius 2 is 1.95 bits per heavy atom. The van der Waals surface area contributed by atoms with Gasteiger partial charge in [0, 0.05) is 29.8 Å². The van der Waals surface area contributed by atoms with Crippen molar-refractivity contribution in [2.75, 3.05) is 0 Å². The number of phenols is 1. The predicted molar refractivity (Wildman–Crippen MR) is 74.2 cm³/mol. The van der Waals surface area contributed by atoms with Crippen LogP contribution in [0, 0.1) is 5.82 Å². The summed E-state index contributed by atoms with van der Waals surface area (Å²) in [6.07, 6.45) is 3.62. The number of phenolic OH excluding ortho intramolecular Hbond substituents is 1. The lowest BCUT2D eigenvalue weighted by Crippen LogP contribution is -2.52. The Morgan fingerprint density at radius 3 is 2.53 bits per heavy atom. The molecule has 0 aliphatic carbocycles. The third-order valence-corrected chi connectivity index (χ3v) is 4.00. The summed E-state index contributed by atoms with van der Waals surface area (Å²) in [5.41, 5.74) is 4.17. The molecule has 3 unspecified atom stereocenters. The van der Waals surface area contributed by atoms with Gasteiger partial charge in [0.05, 0.1) is 0 Å². The zero-order valence-corrected chi connectivity index (χ0v) is 11.9. The highest BCUT2D eigenvalue weighted by Crippen LogP contribution is 2.27. The molecule has 1 saturated heterocycles. The average molecular weight is 266 g/mol. The first-order valence-corrected chi connectivity index (χ1v) is 7.02. The van der Waals surface area contributed by atoms with Crippen molar-refractivity contribution in [3.05, 3.63) is 29.6 Å². The SMILES string of the molecule is CC(NN1C(C)CCCC1C)c1ccc(F)cc1O. The van der Waals surface area contributed by atoms with E-state index in [1.807, 2.05) is 6.92 Å². The van der Waals surface area contributed by atoms with Crippen LogP contribution in [-0.2, 0) is 0 Å². The van der Waals surface area contributed by atoms with Crippen LogP contribution in [0.15, 0.2) is 18.2 Å². The van der Waals surface area contributed by atoms with Gasteiger partial charge in [-0.2, -0.15) is 0 Å². The van der Waals surface area contributed by atoms with Crippen LogP contribution in [0.2, 0.25) is 0 Å². The molecule has 3 atom stereocenters. The van der Waals surface area contributed by atoms with Crippen LogP contribution < -0.4 is 5.43 Å². The summed E-state index contributed by atoms with van der Waals surface area (Å²) in [4.78, 5) is 0. The Bertz CT molecular complexity index is 428. The van der Waals surface area contributed by atoms with Crippen molar-refractivity contribution in [2.45, 2.75) is 58.2 Å². The molecular formula is C15H23FN2O. The first kappa shape index (κ1) is 14.3. The van der Waals surface area contributed by atoms with E-state index in [1.54, 1.807) is 6.07 Å². The Morgan fingerprint density at radius 1 is 1.32 bits per heavy atom. The molecule has 0 bridgehead atoms. The summed E-state index contributed by atoms with van der Waals surface area (Å²) in [5.74, 6) is -0.398. The minimum absolute atomic E-state index is 0.0114. The van der Waals surface area contributed by atoms with Gasteiger partial charge < -0.3 is 5.11 Å². The molecule has 0 amide bonds. The third-order valence-electron chi connectivity index (χ3n) is 4.00. The second-order valence-corrected chi connectivity index (χ2v) is 5.59. The third kappa shape index (κ3) is 3.25. The maximum Gasteiger partial charge on any atom is 0.126 e. The van der Waals surface area contributed by atoms with Crippen LogP contribution in [-0.4, -0.2) is 22.2 Å². The number of halogens is 1. The molecule has 0 aromatic heterocycles.